The third-order valence-corrected chi connectivity index (χ3v) is 5.94. The molecule has 0 radical (unpaired) electrons. The van der Waals surface area contributed by atoms with E-state index in [1.165, 1.54) is 13.5 Å². The number of methoxy groups -OCH3 is 1. The van der Waals surface area contributed by atoms with Crippen molar-refractivity contribution in [2.45, 2.75) is 44.1 Å². The molecule has 1 atom stereocenters. The lowest BCUT2D eigenvalue weighted by atomic mass is 9.86. The SMILES string of the molecule is COC(=O)[C@@H](NC(=O)C1CCCCC1)C1c2ccccc2-c2ccccc21. The number of carbonyl (C=O) groups excluding carboxylic acids is 2. The molecule has 0 aliphatic heterocycles. The summed E-state index contributed by atoms with van der Waals surface area (Å²) in [4.78, 5) is 25.6. The molecule has 2 aliphatic rings. The molecule has 4 rings (SSSR count). The molecule has 0 aromatic heterocycles. The van der Waals surface area contributed by atoms with E-state index in [9.17, 15) is 9.59 Å². The van der Waals surface area contributed by atoms with Crippen LogP contribution in [0.1, 0.15) is 49.1 Å². The molecule has 2 aromatic rings. The molecule has 1 saturated carbocycles. The number of amides is 1. The zero-order valence-corrected chi connectivity index (χ0v) is 15.6. The fourth-order valence-corrected chi connectivity index (χ4v) is 4.59. The average molecular weight is 363 g/mol. The molecule has 1 N–H and O–H groups in total. The lowest BCUT2D eigenvalue weighted by molar-refractivity contribution is -0.146. The minimum absolute atomic E-state index is 0.00204. The van der Waals surface area contributed by atoms with Crippen LogP contribution in [0.25, 0.3) is 11.1 Å². The highest BCUT2D eigenvalue weighted by molar-refractivity contribution is 5.90. The zero-order chi connectivity index (χ0) is 18.8. The fourth-order valence-electron chi connectivity index (χ4n) is 4.59. The second kappa shape index (κ2) is 7.55. The standard InChI is InChI=1S/C23H25NO3/c1-27-23(26)21(24-22(25)15-9-3-2-4-10-15)20-18-13-7-5-11-16(18)17-12-6-8-14-19(17)20/h5-8,11-15,20-21H,2-4,9-10H2,1H3,(H,24,25)/t21-/m0/s1. The van der Waals surface area contributed by atoms with Gasteiger partial charge in [-0.3, -0.25) is 4.79 Å². The van der Waals surface area contributed by atoms with Gasteiger partial charge < -0.3 is 10.1 Å². The third kappa shape index (κ3) is 3.25. The Kier molecular flexibility index (Phi) is 4.97. The first kappa shape index (κ1) is 17.8. The van der Waals surface area contributed by atoms with E-state index in [1.807, 2.05) is 36.4 Å². The quantitative estimate of drug-likeness (QED) is 0.834. The molecule has 27 heavy (non-hydrogen) atoms. The number of esters is 1. The van der Waals surface area contributed by atoms with E-state index in [1.54, 1.807) is 0 Å². The van der Waals surface area contributed by atoms with Crippen LogP contribution in [0.5, 0.6) is 0 Å². The van der Waals surface area contributed by atoms with Gasteiger partial charge in [0.1, 0.15) is 6.04 Å². The Labute approximate surface area is 159 Å². The van der Waals surface area contributed by atoms with Gasteiger partial charge in [-0.1, -0.05) is 67.8 Å². The second-order valence-corrected chi connectivity index (χ2v) is 7.50. The molecular formula is C23H25NO3. The molecule has 1 amide bonds. The summed E-state index contributed by atoms with van der Waals surface area (Å²) in [6.45, 7) is 0. The van der Waals surface area contributed by atoms with E-state index in [4.69, 9.17) is 4.74 Å². The van der Waals surface area contributed by atoms with Crippen molar-refractivity contribution >= 4 is 11.9 Å². The van der Waals surface area contributed by atoms with E-state index in [0.29, 0.717) is 0 Å². The van der Waals surface area contributed by atoms with Crippen molar-refractivity contribution in [1.82, 2.24) is 5.32 Å². The minimum Gasteiger partial charge on any atom is -0.467 e. The Morgan fingerprint density at radius 2 is 1.48 bits per heavy atom. The normalized spacial score (nSPS) is 17.7. The number of fused-ring (bicyclic) bond motifs is 3. The lowest BCUT2D eigenvalue weighted by Crippen LogP contribution is -2.47. The maximum absolute atomic E-state index is 12.9. The van der Waals surface area contributed by atoms with Gasteiger partial charge in [0.25, 0.3) is 0 Å². The van der Waals surface area contributed by atoms with Crippen LogP contribution in [-0.4, -0.2) is 25.0 Å². The van der Waals surface area contributed by atoms with Crippen LogP contribution in [0.2, 0.25) is 0 Å². The molecule has 0 saturated heterocycles. The first-order valence-corrected chi connectivity index (χ1v) is 9.77. The summed E-state index contributed by atoms with van der Waals surface area (Å²) in [7, 11) is 1.38. The highest BCUT2D eigenvalue weighted by Gasteiger charge is 2.40. The van der Waals surface area contributed by atoms with Gasteiger partial charge in [-0.25, -0.2) is 4.79 Å². The van der Waals surface area contributed by atoms with Crippen LogP contribution >= 0.6 is 0 Å². The molecule has 0 spiro atoms. The number of rotatable bonds is 4. The first-order chi connectivity index (χ1) is 13.2. The van der Waals surface area contributed by atoms with Gasteiger partial charge in [-0.2, -0.15) is 0 Å². The molecule has 4 heteroatoms. The summed E-state index contributed by atoms with van der Waals surface area (Å²) in [5.41, 5.74) is 4.38. The van der Waals surface area contributed by atoms with Crippen molar-refractivity contribution in [1.29, 1.82) is 0 Å². The largest absolute Gasteiger partial charge is 0.467 e. The molecular weight excluding hydrogens is 338 g/mol. The Morgan fingerprint density at radius 1 is 0.926 bits per heavy atom. The summed E-state index contributed by atoms with van der Waals surface area (Å²) in [6, 6.07) is 15.5. The number of benzene rings is 2. The van der Waals surface area contributed by atoms with Crippen molar-refractivity contribution < 1.29 is 14.3 Å². The summed E-state index contributed by atoms with van der Waals surface area (Å²) in [5, 5.41) is 3.05. The van der Waals surface area contributed by atoms with Crippen molar-refractivity contribution in [3.05, 3.63) is 59.7 Å². The van der Waals surface area contributed by atoms with Gasteiger partial charge in [0, 0.05) is 11.8 Å². The van der Waals surface area contributed by atoms with Crippen LogP contribution in [0.4, 0.5) is 0 Å². The molecule has 1 fully saturated rings. The number of nitrogens with one attached hydrogen (secondary N) is 1. The van der Waals surface area contributed by atoms with Gasteiger partial charge in [0.15, 0.2) is 0 Å². The zero-order valence-electron chi connectivity index (χ0n) is 15.6. The van der Waals surface area contributed by atoms with E-state index in [2.05, 4.69) is 17.4 Å². The molecule has 140 valence electrons. The summed E-state index contributed by atoms with van der Waals surface area (Å²) >= 11 is 0. The Morgan fingerprint density at radius 3 is 2.04 bits per heavy atom. The van der Waals surface area contributed by atoms with Gasteiger partial charge >= 0.3 is 5.97 Å². The van der Waals surface area contributed by atoms with Crippen LogP contribution in [-0.2, 0) is 14.3 Å². The maximum Gasteiger partial charge on any atom is 0.329 e. The number of hydrogen-bond acceptors (Lipinski definition) is 3. The van der Waals surface area contributed by atoms with Crippen LogP contribution in [0.15, 0.2) is 48.5 Å². The van der Waals surface area contributed by atoms with Crippen LogP contribution in [0.3, 0.4) is 0 Å². The van der Waals surface area contributed by atoms with Gasteiger partial charge in [0.05, 0.1) is 7.11 Å². The van der Waals surface area contributed by atoms with E-state index >= 15 is 0 Å². The van der Waals surface area contributed by atoms with Gasteiger partial charge in [0.2, 0.25) is 5.91 Å². The second-order valence-electron chi connectivity index (χ2n) is 7.50. The molecule has 2 aliphatic carbocycles. The number of hydrogen-bond donors (Lipinski definition) is 1. The maximum atomic E-state index is 12.9. The summed E-state index contributed by atoms with van der Waals surface area (Å²) in [6.07, 6.45) is 5.15. The fraction of sp³-hybridized carbons (Fsp3) is 0.391. The average Bonchev–Trinajstić information content (AvgIpc) is 3.06. The number of ether oxygens (including phenoxy) is 1. The summed E-state index contributed by atoms with van der Waals surface area (Å²) in [5.74, 6) is -0.641. The lowest BCUT2D eigenvalue weighted by Gasteiger charge is -2.28. The minimum atomic E-state index is -0.714. The molecule has 0 unspecified atom stereocenters. The molecule has 2 aromatic carbocycles. The summed E-state index contributed by atoms with van der Waals surface area (Å²) < 4.78 is 5.09. The van der Waals surface area contributed by atoms with Crippen molar-refractivity contribution in [2.75, 3.05) is 7.11 Å². The molecule has 0 heterocycles. The predicted molar refractivity (Wildman–Crippen MR) is 104 cm³/mol. The first-order valence-electron chi connectivity index (χ1n) is 9.77. The van der Waals surface area contributed by atoms with E-state index in [-0.39, 0.29) is 17.7 Å². The van der Waals surface area contributed by atoms with Crippen molar-refractivity contribution in [3.8, 4) is 11.1 Å². The van der Waals surface area contributed by atoms with E-state index < -0.39 is 12.0 Å². The smallest absolute Gasteiger partial charge is 0.329 e. The Hall–Kier alpha value is -2.62. The van der Waals surface area contributed by atoms with Crippen LogP contribution < -0.4 is 5.32 Å². The topological polar surface area (TPSA) is 55.4 Å². The van der Waals surface area contributed by atoms with Crippen LogP contribution in [0, 0.1) is 5.92 Å². The van der Waals surface area contributed by atoms with Gasteiger partial charge in [-0.15, -0.1) is 0 Å². The highest BCUT2D eigenvalue weighted by atomic mass is 16.5. The monoisotopic (exact) mass is 363 g/mol. The molecule has 0 bridgehead atoms. The number of carbonyl (C=O) groups is 2. The Bertz CT molecular complexity index is 809. The predicted octanol–water partition coefficient (Wildman–Crippen LogP) is 4.04. The Balaban J connectivity index is 1.70. The van der Waals surface area contributed by atoms with Crippen molar-refractivity contribution in [2.24, 2.45) is 5.92 Å². The van der Waals surface area contributed by atoms with Crippen molar-refractivity contribution in [3.63, 3.8) is 0 Å². The highest BCUT2D eigenvalue weighted by Crippen LogP contribution is 2.46. The van der Waals surface area contributed by atoms with Gasteiger partial charge in [-0.05, 0) is 35.1 Å². The third-order valence-electron chi connectivity index (χ3n) is 5.94. The molecule has 4 nitrogen and oxygen atoms in total. The van der Waals surface area contributed by atoms with E-state index in [0.717, 1.165) is 47.9 Å².